The number of hydrogen-bond donors (Lipinski definition) is 2. The molecule has 2 heterocycles. The molecule has 0 aliphatic carbocycles. The second-order valence-corrected chi connectivity index (χ2v) is 3.93. The normalized spacial score (nSPS) is 41.5. The van der Waals surface area contributed by atoms with Gasteiger partial charge >= 0.3 is 0 Å². The van der Waals surface area contributed by atoms with E-state index in [0.717, 1.165) is 32.6 Å². The number of aliphatic hydroxyl groups is 1. The molecule has 0 amide bonds. The molecule has 13 heavy (non-hydrogen) atoms. The molecule has 3 unspecified atom stereocenters. The summed E-state index contributed by atoms with van der Waals surface area (Å²) in [5.41, 5.74) is 0. The molecule has 2 aliphatic heterocycles. The first-order valence-electron chi connectivity index (χ1n) is 4.97. The zero-order valence-corrected chi connectivity index (χ0v) is 8.07. The molecule has 2 saturated heterocycles. The van der Waals surface area contributed by atoms with Gasteiger partial charge in [-0.1, -0.05) is 0 Å². The van der Waals surface area contributed by atoms with Gasteiger partial charge in [0.25, 0.3) is 0 Å². The van der Waals surface area contributed by atoms with Crippen molar-refractivity contribution >= 4 is 0 Å². The van der Waals surface area contributed by atoms with E-state index in [2.05, 4.69) is 10.2 Å². The Hall–Kier alpha value is -0.160. The standard InChI is InChI=1S/C9H18N2O2/c1-13-7-2-3-11(6-7)8-4-10-5-9(8)12/h7-10,12H,2-6H2,1H3. The van der Waals surface area contributed by atoms with Crippen molar-refractivity contribution in [1.29, 1.82) is 0 Å². The largest absolute Gasteiger partial charge is 0.390 e. The van der Waals surface area contributed by atoms with E-state index in [4.69, 9.17) is 4.74 Å². The maximum atomic E-state index is 9.66. The van der Waals surface area contributed by atoms with Gasteiger partial charge in [0, 0.05) is 39.3 Å². The second-order valence-electron chi connectivity index (χ2n) is 3.93. The molecule has 0 aromatic rings. The van der Waals surface area contributed by atoms with E-state index in [-0.39, 0.29) is 6.10 Å². The minimum absolute atomic E-state index is 0.199. The van der Waals surface area contributed by atoms with Gasteiger partial charge in [-0.05, 0) is 6.42 Å². The van der Waals surface area contributed by atoms with Crippen molar-refractivity contribution in [2.45, 2.75) is 24.7 Å². The number of rotatable bonds is 2. The maximum absolute atomic E-state index is 9.66. The topological polar surface area (TPSA) is 44.7 Å². The van der Waals surface area contributed by atoms with Crippen LogP contribution in [0.25, 0.3) is 0 Å². The van der Waals surface area contributed by atoms with E-state index >= 15 is 0 Å². The van der Waals surface area contributed by atoms with E-state index in [1.165, 1.54) is 0 Å². The van der Waals surface area contributed by atoms with E-state index < -0.39 is 0 Å². The number of β-amino-alcohol motifs (C(OH)–C–C–N with tert-alkyl or cyclic N) is 1. The number of likely N-dealkylation sites (tertiary alicyclic amines) is 1. The number of hydrogen-bond acceptors (Lipinski definition) is 4. The van der Waals surface area contributed by atoms with Crippen LogP contribution in [0.1, 0.15) is 6.42 Å². The Labute approximate surface area is 78.9 Å². The lowest BCUT2D eigenvalue weighted by Gasteiger charge is -2.25. The van der Waals surface area contributed by atoms with E-state index in [1.807, 2.05) is 0 Å². The van der Waals surface area contributed by atoms with Crippen molar-refractivity contribution in [3.05, 3.63) is 0 Å². The Balaban J connectivity index is 1.88. The maximum Gasteiger partial charge on any atom is 0.0831 e. The second kappa shape index (κ2) is 3.92. The summed E-state index contributed by atoms with van der Waals surface area (Å²) in [4.78, 5) is 2.33. The van der Waals surface area contributed by atoms with Crippen molar-refractivity contribution in [2.24, 2.45) is 0 Å². The van der Waals surface area contributed by atoms with Gasteiger partial charge in [0.05, 0.1) is 12.2 Å². The zero-order chi connectivity index (χ0) is 9.26. The molecular weight excluding hydrogens is 168 g/mol. The van der Waals surface area contributed by atoms with Crippen molar-refractivity contribution in [3.63, 3.8) is 0 Å². The van der Waals surface area contributed by atoms with Crippen LogP contribution in [-0.4, -0.2) is 61.5 Å². The first-order chi connectivity index (χ1) is 6.31. The van der Waals surface area contributed by atoms with E-state index in [1.54, 1.807) is 7.11 Å². The van der Waals surface area contributed by atoms with Gasteiger partial charge in [-0.3, -0.25) is 4.90 Å². The van der Waals surface area contributed by atoms with Crippen LogP contribution in [0, 0.1) is 0 Å². The third-order valence-corrected chi connectivity index (χ3v) is 3.13. The molecular formula is C9H18N2O2. The lowest BCUT2D eigenvalue weighted by atomic mass is 10.2. The highest BCUT2D eigenvalue weighted by molar-refractivity contribution is 4.92. The molecule has 0 aromatic carbocycles. The van der Waals surface area contributed by atoms with Gasteiger partial charge in [-0.25, -0.2) is 0 Å². The average molecular weight is 186 g/mol. The molecule has 0 aromatic heterocycles. The molecule has 2 N–H and O–H groups in total. The van der Waals surface area contributed by atoms with Crippen molar-refractivity contribution in [2.75, 3.05) is 33.3 Å². The van der Waals surface area contributed by atoms with Gasteiger partial charge in [0.15, 0.2) is 0 Å². The molecule has 2 fully saturated rings. The monoisotopic (exact) mass is 186 g/mol. The highest BCUT2D eigenvalue weighted by atomic mass is 16.5. The molecule has 0 bridgehead atoms. The number of nitrogens with zero attached hydrogens (tertiary/aromatic N) is 1. The predicted octanol–water partition coefficient (Wildman–Crippen LogP) is -0.960. The summed E-state index contributed by atoms with van der Waals surface area (Å²) in [6.07, 6.45) is 1.27. The average Bonchev–Trinajstić information content (AvgIpc) is 2.71. The molecule has 2 aliphatic rings. The fraction of sp³-hybridized carbons (Fsp3) is 1.00. The lowest BCUT2D eigenvalue weighted by molar-refractivity contribution is 0.0718. The number of ether oxygens (including phenoxy) is 1. The molecule has 0 radical (unpaired) electrons. The van der Waals surface area contributed by atoms with Crippen LogP contribution in [0.15, 0.2) is 0 Å². The van der Waals surface area contributed by atoms with Gasteiger partial charge in [0.1, 0.15) is 0 Å². The molecule has 0 spiro atoms. The number of methoxy groups -OCH3 is 1. The molecule has 0 saturated carbocycles. The first kappa shape index (κ1) is 9.40. The summed E-state index contributed by atoms with van der Waals surface area (Å²) in [5, 5.41) is 12.9. The van der Waals surface area contributed by atoms with E-state index in [9.17, 15) is 5.11 Å². The van der Waals surface area contributed by atoms with Crippen LogP contribution in [-0.2, 0) is 4.74 Å². The summed E-state index contributed by atoms with van der Waals surface area (Å²) < 4.78 is 5.29. The lowest BCUT2D eigenvalue weighted by Crippen LogP contribution is -2.42. The third-order valence-electron chi connectivity index (χ3n) is 3.13. The van der Waals surface area contributed by atoms with Crippen LogP contribution < -0.4 is 5.32 Å². The molecule has 76 valence electrons. The summed E-state index contributed by atoms with van der Waals surface area (Å²) in [6, 6.07) is 0.306. The Bertz CT molecular complexity index is 177. The minimum Gasteiger partial charge on any atom is -0.390 e. The quantitative estimate of drug-likeness (QED) is 0.583. The fourth-order valence-electron chi connectivity index (χ4n) is 2.27. The van der Waals surface area contributed by atoms with Crippen molar-refractivity contribution in [1.82, 2.24) is 10.2 Å². The molecule has 4 nitrogen and oxygen atoms in total. The number of aliphatic hydroxyl groups excluding tert-OH is 1. The van der Waals surface area contributed by atoms with Crippen molar-refractivity contribution in [3.8, 4) is 0 Å². The van der Waals surface area contributed by atoms with Crippen LogP contribution in [0.3, 0.4) is 0 Å². The Morgan fingerprint density at radius 1 is 1.46 bits per heavy atom. The Morgan fingerprint density at radius 2 is 2.31 bits per heavy atom. The summed E-state index contributed by atoms with van der Waals surface area (Å²) in [7, 11) is 1.76. The highest BCUT2D eigenvalue weighted by Gasteiger charge is 2.34. The van der Waals surface area contributed by atoms with Gasteiger partial charge in [0.2, 0.25) is 0 Å². The third kappa shape index (κ3) is 1.86. The zero-order valence-electron chi connectivity index (χ0n) is 8.07. The van der Waals surface area contributed by atoms with Crippen LogP contribution in [0.5, 0.6) is 0 Å². The Morgan fingerprint density at radius 3 is 2.85 bits per heavy atom. The smallest absolute Gasteiger partial charge is 0.0831 e. The van der Waals surface area contributed by atoms with Crippen LogP contribution in [0.2, 0.25) is 0 Å². The SMILES string of the molecule is COC1CCN(C2CNCC2O)C1. The molecule has 2 rings (SSSR count). The highest BCUT2D eigenvalue weighted by Crippen LogP contribution is 2.18. The van der Waals surface area contributed by atoms with Gasteiger partial charge < -0.3 is 15.2 Å². The minimum atomic E-state index is -0.199. The molecule has 3 atom stereocenters. The summed E-state index contributed by atoms with van der Waals surface area (Å²) >= 11 is 0. The summed E-state index contributed by atoms with van der Waals surface area (Å²) in [6.45, 7) is 3.68. The van der Waals surface area contributed by atoms with Crippen molar-refractivity contribution < 1.29 is 9.84 Å². The van der Waals surface area contributed by atoms with E-state index in [0.29, 0.717) is 12.1 Å². The number of nitrogens with one attached hydrogen (secondary N) is 1. The summed E-state index contributed by atoms with van der Waals surface area (Å²) in [5.74, 6) is 0. The van der Waals surface area contributed by atoms with Crippen LogP contribution >= 0.6 is 0 Å². The Kier molecular flexibility index (Phi) is 2.83. The first-order valence-corrected chi connectivity index (χ1v) is 4.97. The predicted molar refractivity (Wildman–Crippen MR) is 49.7 cm³/mol. The van der Waals surface area contributed by atoms with Crippen LogP contribution in [0.4, 0.5) is 0 Å². The van der Waals surface area contributed by atoms with Gasteiger partial charge in [-0.15, -0.1) is 0 Å². The fourth-order valence-corrected chi connectivity index (χ4v) is 2.27. The van der Waals surface area contributed by atoms with Gasteiger partial charge in [-0.2, -0.15) is 0 Å². The molecule has 4 heteroatoms.